The van der Waals surface area contributed by atoms with Crippen molar-refractivity contribution in [2.24, 2.45) is 7.05 Å². The van der Waals surface area contributed by atoms with Crippen LogP contribution in [0.4, 0.5) is 5.82 Å². The normalized spacial score (nSPS) is 11.1. The fraction of sp³-hybridized carbons (Fsp3) is 0.364. The lowest BCUT2D eigenvalue weighted by molar-refractivity contribution is 0.832. The summed E-state index contributed by atoms with van der Waals surface area (Å²) in [4.78, 5) is 22.8. The summed E-state index contributed by atoms with van der Waals surface area (Å²) >= 11 is 0. The lowest BCUT2D eigenvalue weighted by Crippen LogP contribution is -2.19. The van der Waals surface area contributed by atoms with E-state index >= 15 is 0 Å². The molecule has 0 radical (unpaired) electrons. The van der Waals surface area contributed by atoms with Crippen molar-refractivity contribution in [1.82, 2.24) is 19.5 Å². The third-order valence-electron chi connectivity index (χ3n) is 2.62. The van der Waals surface area contributed by atoms with Gasteiger partial charge in [0.15, 0.2) is 5.82 Å². The Balaban J connectivity index is 2.61. The van der Waals surface area contributed by atoms with E-state index in [1.165, 1.54) is 0 Å². The van der Waals surface area contributed by atoms with Crippen LogP contribution in [0.5, 0.6) is 0 Å². The van der Waals surface area contributed by atoms with Gasteiger partial charge in [-0.15, -0.1) is 0 Å². The molecule has 0 atom stereocenters. The van der Waals surface area contributed by atoms with Crippen LogP contribution >= 0.6 is 0 Å². The van der Waals surface area contributed by atoms with Crippen molar-refractivity contribution in [2.45, 2.75) is 19.8 Å². The Morgan fingerprint density at radius 3 is 2.65 bits per heavy atom. The first kappa shape index (κ1) is 11.4. The van der Waals surface area contributed by atoms with E-state index in [0.717, 1.165) is 5.69 Å². The number of nitrogens with one attached hydrogen (secondary N) is 1. The van der Waals surface area contributed by atoms with Gasteiger partial charge in [0.2, 0.25) is 0 Å². The highest BCUT2D eigenvalue weighted by atomic mass is 16.1. The van der Waals surface area contributed by atoms with Crippen LogP contribution in [0.1, 0.15) is 25.3 Å². The van der Waals surface area contributed by atoms with E-state index in [-0.39, 0.29) is 17.3 Å². The fourth-order valence-corrected chi connectivity index (χ4v) is 1.76. The number of aromatic amines is 1. The van der Waals surface area contributed by atoms with Crippen LogP contribution in [0, 0.1) is 0 Å². The molecule has 0 spiro atoms. The van der Waals surface area contributed by atoms with E-state index in [9.17, 15) is 4.79 Å². The third-order valence-corrected chi connectivity index (χ3v) is 2.62. The molecule has 0 aromatic carbocycles. The second-order valence-corrected chi connectivity index (χ2v) is 4.26. The molecule has 90 valence electrons. The molecule has 2 aromatic rings. The van der Waals surface area contributed by atoms with Crippen molar-refractivity contribution < 1.29 is 0 Å². The number of aromatic nitrogens is 4. The highest BCUT2D eigenvalue weighted by molar-refractivity contribution is 5.53. The van der Waals surface area contributed by atoms with E-state index in [4.69, 9.17) is 5.73 Å². The van der Waals surface area contributed by atoms with Gasteiger partial charge in [-0.25, -0.2) is 9.97 Å². The summed E-state index contributed by atoms with van der Waals surface area (Å²) in [5, 5.41) is 0. The third kappa shape index (κ3) is 1.93. The van der Waals surface area contributed by atoms with Gasteiger partial charge in [0.05, 0.1) is 18.1 Å². The largest absolute Gasteiger partial charge is 0.383 e. The molecular weight excluding hydrogens is 218 g/mol. The van der Waals surface area contributed by atoms with Gasteiger partial charge in [0, 0.05) is 7.05 Å². The van der Waals surface area contributed by atoms with Crippen LogP contribution in [0.15, 0.2) is 17.3 Å². The maximum Gasteiger partial charge on any atom is 0.256 e. The summed E-state index contributed by atoms with van der Waals surface area (Å²) in [5.74, 6) is 0.767. The number of H-pyrrole nitrogens is 1. The maximum absolute atomic E-state index is 11.9. The lowest BCUT2D eigenvalue weighted by Gasteiger charge is -2.09. The average molecular weight is 233 g/mol. The van der Waals surface area contributed by atoms with Crippen molar-refractivity contribution in [3.05, 3.63) is 28.4 Å². The minimum Gasteiger partial charge on any atom is -0.383 e. The Morgan fingerprint density at radius 1 is 1.47 bits per heavy atom. The zero-order valence-electron chi connectivity index (χ0n) is 10.1. The monoisotopic (exact) mass is 233 g/mol. The molecule has 3 N–H and O–H groups in total. The molecule has 0 saturated carbocycles. The topological polar surface area (TPSA) is 89.6 Å². The summed E-state index contributed by atoms with van der Waals surface area (Å²) in [5.41, 5.74) is 6.88. The first-order chi connectivity index (χ1) is 8.00. The van der Waals surface area contributed by atoms with Gasteiger partial charge in [-0.2, -0.15) is 0 Å². The van der Waals surface area contributed by atoms with Gasteiger partial charge in [0.25, 0.3) is 5.56 Å². The second kappa shape index (κ2) is 4.04. The van der Waals surface area contributed by atoms with Gasteiger partial charge in [-0.1, -0.05) is 13.8 Å². The molecule has 2 rings (SSSR count). The number of nitrogens with two attached hydrogens (primary N) is 1. The highest BCUT2D eigenvalue weighted by Gasteiger charge is 2.14. The minimum absolute atomic E-state index is 0.0480. The lowest BCUT2D eigenvalue weighted by atomic mass is 10.1. The van der Waals surface area contributed by atoms with E-state index in [2.05, 4.69) is 15.0 Å². The maximum atomic E-state index is 11.9. The predicted molar refractivity (Wildman–Crippen MR) is 65.6 cm³/mol. The van der Waals surface area contributed by atoms with Crippen molar-refractivity contribution in [1.29, 1.82) is 0 Å². The van der Waals surface area contributed by atoms with Crippen LogP contribution in [0.2, 0.25) is 0 Å². The molecular formula is C11H15N5O. The number of rotatable bonds is 2. The van der Waals surface area contributed by atoms with Gasteiger partial charge in [-0.05, 0) is 5.92 Å². The molecule has 6 heteroatoms. The average Bonchev–Trinajstić information content (AvgIpc) is 2.62. The van der Waals surface area contributed by atoms with Gasteiger partial charge in [-0.3, -0.25) is 4.79 Å². The van der Waals surface area contributed by atoms with Gasteiger partial charge in [0.1, 0.15) is 11.5 Å². The van der Waals surface area contributed by atoms with E-state index in [1.807, 2.05) is 20.9 Å². The zero-order chi connectivity index (χ0) is 12.6. The SMILES string of the molecule is CC(C)c1c(N)nc(-c2cncn2C)[nH]c1=O. The second-order valence-electron chi connectivity index (χ2n) is 4.26. The fourth-order valence-electron chi connectivity index (χ4n) is 1.76. The molecule has 6 nitrogen and oxygen atoms in total. The van der Waals surface area contributed by atoms with Crippen molar-refractivity contribution in [3.8, 4) is 11.5 Å². The highest BCUT2D eigenvalue weighted by Crippen LogP contribution is 2.18. The Hall–Kier alpha value is -2.11. The number of hydrogen-bond donors (Lipinski definition) is 2. The van der Waals surface area contributed by atoms with Crippen molar-refractivity contribution >= 4 is 5.82 Å². The first-order valence-corrected chi connectivity index (χ1v) is 5.37. The first-order valence-electron chi connectivity index (χ1n) is 5.37. The van der Waals surface area contributed by atoms with Gasteiger partial charge < -0.3 is 15.3 Å². The smallest absolute Gasteiger partial charge is 0.256 e. The Kier molecular flexibility index (Phi) is 2.71. The molecule has 0 aliphatic heterocycles. The number of aryl methyl sites for hydroxylation is 1. The number of imidazole rings is 1. The zero-order valence-corrected chi connectivity index (χ0v) is 10.1. The standard InChI is InChI=1S/C11H15N5O/c1-6(2)8-9(12)14-10(15-11(8)17)7-4-13-5-16(7)3/h4-6H,1-3H3,(H3,12,14,15,17). The molecule has 2 heterocycles. The van der Waals surface area contributed by atoms with Gasteiger partial charge >= 0.3 is 0 Å². The van der Waals surface area contributed by atoms with E-state index in [0.29, 0.717) is 11.4 Å². The van der Waals surface area contributed by atoms with Crippen LogP contribution in [0.25, 0.3) is 11.5 Å². The van der Waals surface area contributed by atoms with Crippen LogP contribution in [-0.4, -0.2) is 19.5 Å². The number of anilines is 1. The Bertz CT molecular complexity index is 596. The molecule has 17 heavy (non-hydrogen) atoms. The minimum atomic E-state index is -0.191. The number of hydrogen-bond acceptors (Lipinski definition) is 4. The summed E-state index contributed by atoms with van der Waals surface area (Å²) in [6.07, 6.45) is 3.27. The predicted octanol–water partition coefficient (Wildman–Crippen LogP) is 0.876. The molecule has 0 saturated heterocycles. The number of nitrogen functional groups attached to an aromatic ring is 1. The quantitative estimate of drug-likeness (QED) is 0.805. The Labute approximate surface area is 98.5 Å². The molecule has 0 aliphatic rings. The van der Waals surface area contributed by atoms with Crippen molar-refractivity contribution in [2.75, 3.05) is 5.73 Å². The summed E-state index contributed by atoms with van der Waals surface area (Å²) < 4.78 is 1.77. The van der Waals surface area contributed by atoms with Crippen molar-refractivity contribution in [3.63, 3.8) is 0 Å². The van der Waals surface area contributed by atoms with Crippen LogP contribution in [-0.2, 0) is 7.05 Å². The molecule has 0 fully saturated rings. The molecule has 0 amide bonds. The molecule has 0 aliphatic carbocycles. The van der Waals surface area contributed by atoms with Crippen LogP contribution < -0.4 is 11.3 Å². The van der Waals surface area contributed by atoms with Crippen LogP contribution in [0.3, 0.4) is 0 Å². The van der Waals surface area contributed by atoms with E-state index in [1.54, 1.807) is 17.1 Å². The Morgan fingerprint density at radius 2 is 2.18 bits per heavy atom. The van der Waals surface area contributed by atoms with E-state index < -0.39 is 0 Å². The summed E-state index contributed by atoms with van der Waals surface area (Å²) in [6, 6.07) is 0. The molecule has 0 bridgehead atoms. The summed E-state index contributed by atoms with van der Waals surface area (Å²) in [6.45, 7) is 3.82. The summed E-state index contributed by atoms with van der Waals surface area (Å²) in [7, 11) is 1.83. The molecule has 0 unspecified atom stereocenters. The number of nitrogens with zero attached hydrogens (tertiary/aromatic N) is 3. The molecule has 2 aromatic heterocycles.